The standard InChI is InChI=1S/C21H38N4O3S/c1-6-22-21(24-18(4)10-9-16-25(7-2)8-3)23-15-17-28-19-11-13-20(14-12-19)29(5,26)27/h11-14,18H,6-10,15-17H2,1-5H3,(H2,22,23,24). The van der Waals surface area contributed by atoms with Gasteiger partial charge in [0, 0.05) is 18.8 Å². The van der Waals surface area contributed by atoms with E-state index < -0.39 is 9.84 Å². The molecule has 0 radical (unpaired) electrons. The van der Waals surface area contributed by atoms with Gasteiger partial charge in [-0.25, -0.2) is 13.4 Å². The summed E-state index contributed by atoms with van der Waals surface area (Å²) in [7, 11) is -3.19. The summed E-state index contributed by atoms with van der Waals surface area (Å²) in [6.45, 7) is 13.7. The maximum atomic E-state index is 11.5. The van der Waals surface area contributed by atoms with E-state index >= 15 is 0 Å². The third-order valence-electron chi connectivity index (χ3n) is 4.62. The van der Waals surface area contributed by atoms with Gasteiger partial charge in [0.2, 0.25) is 0 Å². The first-order valence-corrected chi connectivity index (χ1v) is 12.4. The third kappa shape index (κ3) is 10.5. The van der Waals surface area contributed by atoms with Crippen LogP contribution in [0.1, 0.15) is 40.5 Å². The molecule has 166 valence electrons. The summed E-state index contributed by atoms with van der Waals surface area (Å²) in [5, 5.41) is 6.71. The van der Waals surface area contributed by atoms with Crippen molar-refractivity contribution < 1.29 is 13.2 Å². The molecule has 0 aliphatic carbocycles. The van der Waals surface area contributed by atoms with Gasteiger partial charge >= 0.3 is 0 Å². The molecule has 0 saturated heterocycles. The lowest BCUT2D eigenvalue weighted by atomic mass is 10.2. The number of sulfone groups is 1. The number of nitrogens with zero attached hydrogens (tertiary/aromatic N) is 2. The highest BCUT2D eigenvalue weighted by molar-refractivity contribution is 7.90. The summed E-state index contributed by atoms with van der Waals surface area (Å²) in [6, 6.07) is 6.79. The van der Waals surface area contributed by atoms with Crippen molar-refractivity contribution in [1.82, 2.24) is 15.5 Å². The first-order valence-electron chi connectivity index (χ1n) is 10.5. The third-order valence-corrected chi connectivity index (χ3v) is 5.74. The summed E-state index contributed by atoms with van der Waals surface area (Å²) in [6.07, 6.45) is 3.43. The smallest absolute Gasteiger partial charge is 0.191 e. The van der Waals surface area contributed by atoms with Gasteiger partial charge in [0.15, 0.2) is 15.8 Å². The summed E-state index contributed by atoms with van der Waals surface area (Å²) < 4.78 is 28.6. The quantitative estimate of drug-likeness (QED) is 0.287. The lowest BCUT2D eigenvalue weighted by molar-refractivity contribution is 0.292. The average Bonchev–Trinajstić information content (AvgIpc) is 2.68. The maximum Gasteiger partial charge on any atom is 0.191 e. The van der Waals surface area contributed by atoms with Gasteiger partial charge in [-0.15, -0.1) is 0 Å². The van der Waals surface area contributed by atoms with Gasteiger partial charge in [-0.3, -0.25) is 0 Å². The van der Waals surface area contributed by atoms with Crippen molar-refractivity contribution in [3.63, 3.8) is 0 Å². The van der Waals surface area contributed by atoms with Crippen LogP contribution in [0.3, 0.4) is 0 Å². The van der Waals surface area contributed by atoms with E-state index in [0.717, 1.165) is 45.0 Å². The molecular formula is C21H38N4O3S. The Morgan fingerprint density at radius 3 is 2.38 bits per heavy atom. The Bertz CT molecular complexity index is 701. The van der Waals surface area contributed by atoms with Gasteiger partial charge in [0.1, 0.15) is 12.4 Å². The maximum absolute atomic E-state index is 11.5. The second kappa shape index (κ2) is 13.4. The average molecular weight is 427 g/mol. The van der Waals surface area contributed by atoms with Crippen LogP contribution in [0.15, 0.2) is 34.2 Å². The first kappa shape index (κ1) is 25.2. The summed E-state index contributed by atoms with van der Waals surface area (Å²) in [5.41, 5.74) is 0. The Balaban J connectivity index is 2.43. The van der Waals surface area contributed by atoms with Crippen molar-refractivity contribution in [2.24, 2.45) is 4.99 Å². The van der Waals surface area contributed by atoms with Crippen molar-refractivity contribution in [2.75, 3.05) is 45.6 Å². The summed E-state index contributed by atoms with van der Waals surface area (Å²) in [4.78, 5) is 7.29. The molecule has 0 amide bonds. The molecule has 0 aliphatic heterocycles. The molecule has 0 heterocycles. The fourth-order valence-electron chi connectivity index (χ4n) is 2.89. The monoisotopic (exact) mass is 426 g/mol. The van der Waals surface area contributed by atoms with E-state index in [9.17, 15) is 8.42 Å². The van der Waals surface area contributed by atoms with Gasteiger partial charge in [-0.2, -0.15) is 0 Å². The molecular weight excluding hydrogens is 388 g/mol. The molecule has 0 saturated carbocycles. The molecule has 0 spiro atoms. The fraction of sp³-hybridized carbons (Fsp3) is 0.667. The number of aliphatic imine (C=N–C) groups is 1. The van der Waals surface area contributed by atoms with Crippen molar-refractivity contribution >= 4 is 15.8 Å². The predicted molar refractivity (Wildman–Crippen MR) is 121 cm³/mol. The Hall–Kier alpha value is -1.80. The van der Waals surface area contributed by atoms with E-state index in [1.807, 2.05) is 6.92 Å². The zero-order valence-corrected chi connectivity index (χ0v) is 19.4. The van der Waals surface area contributed by atoms with Gasteiger partial charge in [0.25, 0.3) is 0 Å². The van der Waals surface area contributed by atoms with E-state index in [1.165, 1.54) is 6.26 Å². The minimum Gasteiger partial charge on any atom is -0.492 e. The van der Waals surface area contributed by atoms with Gasteiger partial charge < -0.3 is 20.3 Å². The van der Waals surface area contributed by atoms with Crippen LogP contribution in [0, 0.1) is 0 Å². The highest BCUT2D eigenvalue weighted by Gasteiger charge is 2.08. The number of rotatable bonds is 13. The molecule has 0 fully saturated rings. The van der Waals surface area contributed by atoms with Crippen LogP contribution in [-0.2, 0) is 9.84 Å². The van der Waals surface area contributed by atoms with Gasteiger partial charge in [-0.1, -0.05) is 13.8 Å². The molecule has 1 aromatic rings. The molecule has 29 heavy (non-hydrogen) atoms. The Morgan fingerprint density at radius 1 is 1.17 bits per heavy atom. The normalized spacial score (nSPS) is 13.4. The van der Waals surface area contributed by atoms with E-state index in [0.29, 0.717) is 24.9 Å². The van der Waals surface area contributed by atoms with Crippen LogP contribution < -0.4 is 15.4 Å². The number of hydrogen-bond donors (Lipinski definition) is 2. The minimum absolute atomic E-state index is 0.288. The molecule has 8 heteroatoms. The van der Waals surface area contributed by atoms with Crippen LogP contribution in [0.2, 0.25) is 0 Å². The highest BCUT2D eigenvalue weighted by atomic mass is 32.2. The fourth-order valence-corrected chi connectivity index (χ4v) is 3.52. The molecule has 2 N–H and O–H groups in total. The SMILES string of the molecule is CCNC(=NCCOc1ccc(S(C)(=O)=O)cc1)NC(C)CCCN(CC)CC. The van der Waals surface area contributed by atoms with E-state index in [2.05, 4.69) is 41.3 Å². The van der Waals surface area contributed by atoms with Crippen LogP contribution in [0.5, 0.6) is 5.75 Å². The number of ether oxygens (including phenoxy) is 1. The lowest BCUT2D eigenvalue weighted by Crippen LogP contribution is -2.42. The Kier molecular flexibility index (Phi) is 11.7. The zero-order chi connectivity index (χ0) is 21.7. The number of benzene rings is 1. The van der Waals surface area contributed by atoms with Crippen molar-refractivity contribution in [2.45, 2.75) is 51.5 Å². The van der Waals surface area contributed by atoms with Crippen LogP contribution in [0.4, 0.5) is 0 Å². The van der Waals surface area contributed by atoms with Crippen LogP contribution in [0.25, 0.3) is 0 Å². The molecule has 1 aromatic carbocycles. The summed E-state index contributed by atoms with van der Waals surface area (Å²) >= 11 is 0. The topological polar surface area (TPSA) is 83.0 Å². The number of nitrogens with one attached hydrogen (secondary N) is 2. The van der Waals surface area contributed by atoms with Crippen molar-refractivity contribution in [3.8, 4) is 5.75 Å². The predicted octanol–water partition coefficient (Wildman–Crippen LogP) is 2.53. The Morgan fingerprint density at radius 2 is 1.83 bits per heavy atom. The largest absolute Gasteiger partial charge is 0.492 e. The zero-order valence-electron chi connectivity index (χ0n) is 18.6. The highest BCUT2D eigenvalue weighted by Crippen LogP contribution is 2.15. The molecule has 0 aliphatic rings. The molecule has 0 aromatic heterocycles. The number of guanidine groups is 1. The first-order chi connectivity index (χ1) is 13.8. The van der Waals surface area contributed by atoms with Gasteiger partial charge in [0.05, 0.1) is 11.4 Å². The molecule has 1 atom stereocenters. The second-order valence-electron chi connectivity index (χ2n) is 7.07. The van der Waals surface area contributed by atoms with Crippen LogP contribution >= 0.6 is 0 Å². The lowest BCUT2D eigenvalue weighted by Gasteiger charge is -2.21. The second-order valence-corrected chi connectivity index (χ2v) is 9.08. The molecule has 1 unspecified atom stereocenters. The molecule has 7 nitrogen and oxygen atoms in total. The van der Waals surface area contributed by atoms with Gasteiger partial charge in [-0.05, 0) is 70.6 Å². The summed E-state index contributed by atoms with van der Waals surface area (Å²) in [5.74, 6) is 1.43. The van der Waals surface area contributed by atoms with E-state index in [-0.39, 0.29) is 4.90 Å². The molecule has 0 bridgehead atoms. The number of hydrogen-bond acceptors (Lipinski definition) is 5. The van der Waals surface area contributed by atoms with E-state index in [1.54, 1.807) is 24.3 Å². The van der Waals surface area contributed by atoms with Crippen LogP contribution in [-0.4, -0.2) is 70.9 Å². The molecule has 1 rings (SSSR count). The Labute approximate surface area is 176 Å². The van der Waals surface area contributed by atoms with Crippen molar-refractivity contribution in [3.05, 3.63) is 24.3 Å². The van der Waals surface area contributed by atoms with E-state index in [4.69, 9.17) is 4.74 Å². The minimum atomic E-state index is -3.19. The van der Waals surface area contributed by atoms with Crippen molar-refractivity contribution in [1.29, 1.82) is 0 Å².